The highest BCUT2D eigenvalue weighted by Gasteiger charge is 2.50. The van der Waals surface area contributed by atoms with E-state index in [0.29, 0.717) is 29.9 Å². The van der Waals surface area contributed by atoms with Crippen molar-refractivity contribution in [2.45, 2.75) is 45.2 Å². The van der Waals surface area contributed by atoms with Crippen molar-refractivity contribution in [3.63, 3.8) is 0 Å². The van der Waals surface area contributed by atoms with Crippen molar-refractivity contribution in [1.82, 2.24) is 9.80 Å². The molecule has 1 saturated heterocycles. The molecule has 214 valence electrons. The Labute approximate surface area is 240 Å². The topological polar surface area (TPSA) is 56.2 Å². The number of halogens is 2. The largest absolute Gasteiger partial charge is 0.369 e. The number of piperazine rings is 1. The monoisotopic (exact) mass is 558 g/mol. The molecule has 5 rings (SSSR count). The van der Waals surface area contributed by atoms with Gasteiger partial charge in [-0.1, -0.05) is 31.2 Å². The molecule has 3 aromatic rings. The number of rotatable bonds is 9. The smallest absolute Gasteiger partial charge is 0.265 e. The molecule has 41 heavy (non-hydrogen) atoms. The summed E-state index contributed by atoms with van der Waals surface area (Å²) in [7, 11) is 0. The minimum atomic E-state index is -1.38. The Balaban J connectivity index is 1.24. The number of benzene rings is 3. The van der Waals surface area contributed by atoms with E-state index < -0.39 is 17.2 Å². The average molecular weight is 559 g/mol. The molecule has 0 N–H and O–H groups in total. The molecule has 1 fully saturated rings. The summed E-state index contributed by atoms with van der Waals surface area (Å²) in [6, 6.07) is 19.7. The summed E-state index contributed by atoms with van der Waals surface area (Å²) in [5, 5.41) is 0. The summed E-state index contributed by atoms with van der Waals surface area (Å²) >= 11 is 0. The number of carbonyl (C=O) groups is 2. The van der Waals surface area contributed by atoms with Gasteiger partial charge in [0.1, 0.15) is 17.5 Å². The van der Waals surface area contributed by atoms with Crippen LogP contribution in [0.15, 0.2) is 77.8 Å². The van der Waals surface area contributed by atoms with Gasteiger partial charge in [-0.15, -0.1) is 0 Å². The van der Waals surface area contributed by atoms with Crippen LogP contribution < -0.4 is 4.90 Å². The Morgan fingerprint density at radius 3 is 1.93 bits per heavy atom. The molecular weight excluding hydrogens is 522 g/mol. The maximum Gasteiger partial charge on any atom is 0.265 e. The highest BCUT2D eigenvalue weighted by Crippen LogP contribution is 2.40. The first kappa shape index (κ1) is 28.6. The minimum Gasteiger partial charge on any atom is -0.369 e. The summed E-state index contributed by atoms with van der Waals surface area (Å²) in [6.45, 7) is 9.92. The van der Waals surface area contributed by atoms with Gasteiger partial charge < -0.3 is 4.90 Å². The first-order valence-corrected chi connectivity index (χ1v) is 14.3. The van der Waals surface area contributed by atoms with Crippen molar-refractivity contribution in [3.05, 3.63) is 101 Å². The third-order valence-electron chi connectivity index (χ3n) is 8.38. The summed E-state index contributed by atoms with van der Waals surface area (Å²) in [5.41, 5.74) is 1.60. The van der Waals surface area contributed by atoms with Gasteiger partial charge in [-0.05, 0) is 79.9 Å². The molecule has 0 aromatic heterocycles. The van der Waals surface area contributed by atoms with Crippen LogP contribution in [0.3, 0.4) is 0 Å². The number of anilines is 1. The third-order valence-corrected chi connectivity index (χ3v) is 8.38. The lowest BCUT2D eigenvalue weighted by Crippen LogP contribution is -2.50. The summed E-state index contributed by atoms with van der Waals surface area (Å²) in [5.74, 6) is -0.271. The Kier molecular flexibility index (Phi) is 8.31. The number of amides is 1. The van der Waals surface area contributed by atoms with E-state index in [1.807, 2.05) is 38.1 Å². The number of aliphatic imine (C=N–C) groups is 1. The van der Waals surface area contributed by atoms with Crippen LogP contribution in [0.25, 0.3) is 0 Å². The Morgan fingerprint density at radius 2 is 1.41 bits per heavy atom. The predicted octanol–water partition coefficient (Wildman–Crippen LogP) is 5.66. The van der Waals surface area contributed by atoms with E-state index in [0.717, 1.165) is 43.9 Å². The number of carbonyl (C=O) groups excluding carboxylic acids is 2. The molecule has 6 nitrogen and oxygen atoms in total. The molecule has 0 aliphatic carbocycles. The molecule has 2 aliphatic heterocycles. The minimum absolute atomic E-state index is 0.152. The van der Waals surface area contributed by atoms with Crippen molar-refractivity contribution in [2.75, 3.05) is 37.6 Å². The quantitative estimate of drug-likeness (QED) is 0.318. The normalized spacial score (nSPS) is 18.0. The fraction of sp³-hybridized carbons (Fsp3) is 0.364. The molecule has 0 spiro atoms. The van der Waals surface area contributed by atoms with Crippen LogP contribution in [0.2, 0.25) is 0 Å². The molecular formula is C33H36F2N4O2. The van der Waals surface area contributed by atoms with E-state index in [1.165, 1.54) is 24.3 Å². The van der Waals surface area contributed by atoms with Gasteiger partial charge in [0.15, 0.2) is 11.3 Å². The summed E-state index contributed by atoms with van der Waals surface area (Å²) < 4.78 is 27.5. The second-order valence-electron chi connectivity index (χ2n) is 10.8. The molecule has 0 saturated carbocycles. The van der Waals surface area contributed by atoms with E-state index in [2.05, 4.69) is 16.7 Å². The van der Waals surface area contributed by atoms with E-state index in [-0.39, 0.29) is 17.7 Å². The lowest BCUT2D eigenvalue weighted by atomic mass is 9.82. The van der Waals surface area contributed by atoms with Crippen molar-refractivity contribution in [1.29, 1.82) is 0 Å². The van der Waals surface area contributed by atoms with Gasteiger partial charge in [0.2, 0.25) is 0 Å². The van der Waals surface area contributed by atoms with Crippen LogP contribution in [-0.2, 0) is 10.3 Å². The second-order valence-corrected chi connectivity index (χ2v) is 10.8. The van der Waals surface area contributed by atoms with Gasteiger partial charge in [0.25, 0.3) is 5.91 Å². The third kappa shape index (κ3) is 5.66. The van der Waals surface area contributed by atoms with E-state index in [9.17, 15) is 18.4 Å². The zero-order valence-corrected chi connectivity index (χ0v) is 23.8. The lowest BCUT2D eigenvalue weighted by Gasteiger charge is -2.39. The van der Waals surface area contributed by atoms with Crippen LogP contribution in [0.4, 0.5) is 14.5 Å². The fourth-order valence-corrected chi connectivity index (χ4v) is 5.86. The highest BCUT2D eigenvalue weighted by molar-refractivity contribution is 6.09. The van der Waals surface area contributed by atoms with Crippen LogP contribution in [0.5, 0.6) is 0 Å². The zero-order chi connectivity index (χ0) is 29.1. The predicted molar refractivity (Wildman–Crippen MR) is 157 cm³/mol. The Morgan fingerprint density at radius 1 is 0.878 bits per heavy atom. The maximum atomic E-state index is 14.1. The molecule has 0 radical (unpaired) electrons. The summed E-state index contributed by atoms with van der Waals surface area (Å²) in [4.78, 5) is 37.3. The van der Waals surface area contributed by atoms with Crippen LogP contribution in [0.1, 0.15) is 55.1 Å². The van der Waals surface area contributed by atoms with Crippen molar-refractivity contribution in [2.24, 2.45) is 4.99 Å². The molecule has 3 aromatic carbocycles. The number of amidine groups is 1. The Bertz CT molecular complexity index is 1370. The molecule has 2 heterocycles. The Hall–Kier alpha value is -3.91. The standard InChI is InChI=1S/C33H36F2N4O2/c1-4-31(40)25-5-15-30(16-6-25)38-21-19-37(20-22-38)23(2)17-18-39-24(3)36-33(32(39)41,26-7-11-28(34)12-8-26)27-9-13-29(35)14-10-27/h5-16,23H,4,17-22H2,1-3H3. The number of hydrogen-bond donors (Lipinski definition) is 0. The van der Waals surface area contributed by atoms with Gasteiger partial charge in [-0.2, -0.15) is 0 Å². The van der Waals surface area contributed by atoms with Gasteiger partial charge in [0, 0.05) is 56.4 Å². The first-order chi connectivity index (χ1) is 19.7. The van der Waals surface area contributed by atoms with Gasteiger partial charge in [-0.3, -0.25) is 19.4 Å². The van der Waals surface area contributed by atoms with E-state index >= 15 is 0 Å². The number of Topliss-reactive ketones (excluding diaryl/α,β-unsaturated/α-hetero) is 1. The molecule has 1 amide bonds. The van der Waals surface area contributed by atoms with Crippen LogP contribution in [0, 0.1) is 11.6 Å². The highest BCUT2D eigenvalue weighted by atomic mass is 19.1. The molecule has 1 atom stereocenters. The number of hydrogen-bond acceptors (Lipinski definition) is 5. The van der Waals surface area contributed by atoms with Gasteiger partial charge >= 0.3 is 0 Å². The molecule has 0 bridgehead atoms. The average Bonchev–Trinajstić information content (AvgIpc) is 3.25. The van der Waals surface area contributed by atoms with Crippen molar-refractivity contribution < 1.29 is 18.4 Å². The summed E-state index contributed by atoms with van der Waals surface area (Å²) in [6.07, 6.45) is 1.26. The molecule has 2 aliphatic rings. The van der Waals surface area contributed by atoms with Crippen molar-refractivity contribution >= 4 is 23.2 Å². The zero-order valence-electron chi connectivity index (χ0n) is 23.8. The van der Waals surface area contributed by atoms with Gasteiger partial charge in [0.05, 0.1) is 0 Å². The van der Waals surface area contributed by atoms with Gasteiger partial charge in [-0.25, -0.2) is 13.8 Å². The van der Waals surface area contributed by atoms with Crippen molar-refractivity contribution in [3.8, 4) is 0 Å². The van der Waals surface area contributed by atoms with Crippen LogP contribution >= 0.6 is 0 Å². The van der Waals surface area contributed by atoms with E-state index in [4.69, 9.17) is 4.99 Å². The second kappa shape index (κ2) is 11.9. The molecule has 1 unspecified atom stereocenters. The number of ketones is 1. The fourth-order valence-electron chi connectivity index (χ4n) is 5.86. The lowest BCUT2D eigenvalue weighted by molar-refractivity contribution is -0.130. The first-order valence-electron chi connectivity index (χ1n) is 14.3. The SMILES string of the molecule is CCC(=O)c1ccc(N2CCN(C(C)CCN3C(=O)C(c4ccc(F)cc4)(c4ccc(F)cc4)N=C3C)CC2)cc1. The molecule has 8 heteroatoms. The van der Waals surface area contributed by atoms with Crippen LogP contribution in [-0.4, -0.2) is 66.1 Å². The van der Waals surface area contributed by atoms with E-state index in [1.54, 1.807) is 29.2 Å². The maximum absolute atomic E-state index is 14.1. The number of nitrogens with zero attached hydrogens (tertiary/aromatic N) is 4.